The van der Waals surface area contributed by atoms with Gasteiger partial charge >= 0.3 is 6.36 Å². The third-order valence-electron chi connectivity index (χ3n) is 6.65. The lowest BCUT2D eigenvalue weighted by atomic mass is 9.90. The Morgan fingerprint density at radius 2 is 1.78 bits per heavy atom. The van der Waals surface area contributed by atoms with Gasteiger partial charge in [0.1, 0.15) is 10.8 Å². The van der Waals surface area contributed by atoms with Crippen molar-refractivity contribution in [2.45, 2.75) is 46.0 Å². The van der Waals surface area contributed by atoms with Crippen molar-refractivity contribution in [1.82, 2.24) is 4.90 Å². The average molecular weight is 541 g/mol. The molecule has 4 unspecified atom stereocenters. The molecule has 2 heterocycles. The zero-order chi connectivity index (χ0) is 26.0. The van der Waals surface area contributed by atoms with E-state index >= 15 is 0 Å². The molecule has 1 fully saturated rings. The molecule has 4 atom stereocenters. The van der Waals surface area contributed by atoms with Crippen LogP contribution in [0.15, 0.2) is 48.5 Å². The van der Waals surface area contributed by atoms with Crippen molar-refractivity contribution in [2.75, 3.05) is 23.9 Å². The molecule has 36 heavy (non-hydrogen) atoms. The molecule has 0 spiro atoms. The molecule has 1 aliphatic heterocycles. The van der Waals surface area contributed by atoms with E-state index < -0.39 is 17.6 Å². The summed E-state index contributed by atoms with van der Waals surface area (Å²) in [5.74, 6) is 0.706. The standard InChI is InChI=1S/C26H31F3N2O3S2/c1-17-12-18(2)15-30(14-17)21(13-20-8-10-22(11-9-20)34-26(27,28)29)16-31(36(32)33)25-19(3)23-6-4-5-7-24(23)35-25/h4-11,17-18,21H,12-16H2,1-3H3,(H,32,33). The Balaban J connectivity index is 1.63. The topological polar surface area (TPSA) is 53.0 Å². The highest BCUT2D eigenvalue weighted by atomic mass is 32.2. The first-order valence-corrected chi connectivity index (χ1v) is 13.8. The van der Waals surface area contributed by atoms with Crippen LogP contribution in [0.4, 0.5) is 18.2 Å². The number of likely N-dealkylation sites (tertiary alicyclic amines) is 1. The number of ether oxygens (including phenoxy) is 1. The normalized spacial score (nSPS) is 20.9. The maximum atomic E-state index is 12.6. The summed E-state index contributed by atoms with van der Waals surface area (Å²) in [5, 5.41) is 1.82. The van der Waals surface area contributed by atoms with Gasteiger partial charge in [0.2, 0.25) is 0 Å². The van der Waals surface area contributed by atoms with Crippen LogP contribution in [-0.2, 0) is 17.7 Å². The van der Waals surface area contributed by atoms with Crippen molar-refractivity contribution < 1.29 is 26.7 Å². The predicted molar refractivity (Wildman–Crippen MR) is 140 cm³/mol. The number of nitrogens with zero attached hydrogens (tertiary/aromatic N) is 2. The molecule has 0 saturated carbocycles. The summed E-state index contributed by atoms with van der Waals surface area (Å²) in [6, 6.07) is 13.7. The number of anilines is 1. The van der Waals surface area contributed by atoms with Gasteiger partial charge in [0, 0.05) is 23.8 Å². The lowest BCUT2D eigenvalue weighted by molar-refractivity contribution is -0.274. The van der Waals surface area contributed by atoms with Gasteiger partial charge in [-0.05, 0) is 66.3 Å². The van der Waals surface area contributed by atoms with E-state index in [1.165, 1.54) is 23.5 Å². The average Bonchev–Trinajstić information content (AvgIpc) is 3.12. The molecule has 10 heteroatoms. The summed E-state index contributed by atoms with van der Waals surface area (Å²) in [7, 11) is 0. The van der Waals surface area contributed by atoms with E-state index in [0.29, 0.717) is 24.8 Å². The SMILES string of the molecule is Cc1c(N(CC(Cc2ccc(OC(F)(F)F)cc2)N2CC(C)CC(C)C2)S(=O)O)sc2ccccc12. The van der Waals surface area contributed by atoms with E-state index in [1.807, 2.05) is 31.2 Å². The predicted octanol–water partition coefficient (Wildman–Crippen LogP) is 6.64. The van der Waals surface area contributed by atoms with Gasteiger partial charge in [0.05, 0.1) is 6.54 Å². The Morgan fingerprint density at radius 1 is 1.14 bits per heavy atom. The van der Waals surface area contributed by atoms with Crippen LogP contribution in [0, 0.1) is 18.8 Å². The first-order chi connectivity index (χ1) is 17.0. The van der Waals surface area contributed by atoms with Gasteiger partial charge in [-0.3, -0.25) is 13.8 Å². The maximum Gasteiger partial charge on any atom is 0.573 e. The Morgan fingerprint density at radius 3 is 2.36 bits per heavy atom. The van der Waals surface area contributed by atoms with Crippen LogP contribution in [-0.4, -0.2) is 45.7 Å². The van der Waals surface area contributed by atoms with E-state index in [9.17, 15) is 21.9 Å². The Bertz CT molecular complexity index is 1190. The van der Waals surface area contributed by atoms with Crippen molar-refractivity contribution in [1.29, 1.82) is 0 Å². The Kier molecular flexibility index (Phi) is 8.28. The van der Waals surface area contributed by atoms with Crippen molar-refractivity contribution in [3.8, 4) is 5.75 Å². The van der Waals surface area contributed by atoms with Gasteiger partial charge in [-0.1, -0.05) is 44.2 Å². The minimum absolute atomic E-state index is 0.106. The van der Waals surface area contributed by atoms with Gasteiger partial charge < -0.3 is 4.74 Å². The zero-order valence-corrected chi connectivity index (χ0v) is 22.1. The van der Waals surface area contributed by atoms with E-state index in [2.05, 4.69) is 23.5 Å². The second-order valence-electron chi connectivity index (χ2n) is 9.77. The van der Waals surface area contributed by atoms with Gasteiger partial charge in [0.25, 0.3) is 11.3 Å². The van der Waals surface area contributed by atoms with Crippen molar-refractivity contribution >= 4 is 37.7 Å². The van der Waals surface area contributed by atoms with Crippen LogP contribution in [0.3, 0.4) is 0 Å². The van der Waals surface area contributed by atoms with E-state index in [1.54, 1.807) is 16.4 Å². The summed E-state index contributed by atoms with van der Waals surface area (Å²) in [6.45, 7) is 8.43. The van der Waals surface area contributed by atoms with Crippen molar-refractivity contribution in [3.63, 3.8) is 0 Å². The highest BCUT2D eigenvalue weighted by molar-refractivity contribution is 7.81. The number of thiophene rings is 1. The van der Waals surface area contributed by atoms with Gasteiger partial charge in [-0.2, -0.15) is 0 Å². The van der Waals surface area contributed by atoms with E-state index in [4.69, 9.17) is 0 Å². The fourth-order valence-corrected chi connectivity index (χ4v) is 7.23. The molecule has 1 aromatic heterocycles. The number of hydrogen-bond donors (Lipinski definition) is 1. The maximum absolute atomic E-state index is 12.6. The van der Waals surface area contributed by atoms with Crippen molar-refractivity contribution in [2.24, 2.45) is 11.8 Å². The third-order valence-corrected chi connectivity index (χ3v) is 8.77. The number of benzene rings is 2. The minimum Gasteiger partial charge on any atom is -0.406 e. The molecule has 1 N–H and O–H groups in total. The minimum atomic E-state index is -4.74. The molecule has 0 bridgehead atoms. The summed E-state index contributed by atoms with van der Waals surface area (Å²) >= 11 is -0.740. The number of halogens is 3. The summed E-state index contributed by atoms with van der Waals surface area (Å²) < 4.78 is 67.3. The number of aryl methyl sites for hydroxylation is 1. The molecular weight excluding hydrogens is 509 g/mol. The number of rotatable bonds is 8. The van der Waals surface area contributed by atoms with E-state index in [-0.39, 0.29) is 11.8 Å². The molecule has 196 valence electrons. The monoisotopic (exact) mass is 540 g/mol. The van der Waals surface area contributed by atoms with Gasteiger partial charge in [-0.15, -0.1) is 24.5 Å². The molecular formula is C26H31F3N2O3S2. The van der Waals surface area contributed by atoms with Gasteiger partial charge in [0.15, 0.2) is 0 Å². The smallest absolute Gasteiger partial charge is 0.406 e. The van der Waals surface area contributed by atoms with Crippen LogP contribution < -0.4 is 9.04 Å². The first kappa shape index (κ1) is 26.9. The third kappa shape index (κ3) is 6.59. The van der Waals surface area contributed by atoms with Crippen LogP contribution in [0.1, 0.15) is 31.4 Å². The Labute approximate surface area is 216 Å². The van der Waals surface area contributed by atoms with Crippen LogP contribution >= 0.6 is 11.3 Å². The molecule has 1 saturated heterocycles. The van der Waals surface area contributed by atoms with Crippen LogP contribution in [0.25, 0.3) is 10.1 Å². The molecule has 0 amide bonds. The molecule has 0 radical (unpaired) electrons. The molecule has 5 nitrogen and oxygen atoms in total. The molecule has 2 aromatic carbocycles. The molecule has 1 aliphatic rings. The van der Waals surface area contributed by atoms with E-state index in [0.717, 1.165) is 45.7 Å². The van der Waals surface area contributed by atoms with Crippen molar-refractivity contribution in [3.05, 3.63) is 59.7 Å². The first-order valence-electron chi connectivity index (χ1n) is 12.0. The quantitative estimate of drug-likeness (QED) is 0.326. The second kappa shape index (κ2) is 11.1. The number of fused-ring (bicyclic) bond motifs is 1. The number of alkyl halides is 3. The second-order valence-corrected chi connectivity index (χ2v) is 11.7. The summed E-state index contributed by atoms with van der Waals surface area (Å²) in [5.41, 5.74) is 1.81. The van der Waals surface area contributed by atoms with Crippen LogP contribution in [0.5, 0.6) is 5.75 Å². The highest BCUT2D eigenvalue weighted by Gasteiger charge is 2.32. The fraction of sp³-hybridized carbons (Fsp3) is 0.462. The summed E-state index contributed by atoms with van der Waals surface area (Å²) in [6.07, 6.45) is -3.08. The largest absolute Gasteiger partial charge is 0.573 e. The lowest BCUT2D eigenvalue weighted by Gasteiger charge is -2.41. The molecule has 0 aliphatic carbocycles. The fourth-order valence-electron chi connectivity index (χ4n) is 5.23. The number of hydrogen-bond acceptors (Lipinski definition) is 4. The lowest BCUT2D eigenvalue weighted by Crippen LogP contribution is -2.51. The highest BCUT2D eigenvalue weighted by Crippen LogP contribution is 2.38. The summed E-state index contributed by atoms with van der Waals surface area (Å²) in [4.78, 5) is 2.36. The van der Waals surface area contributed by atoms with Crippen LogP contribution in [0.2, 0.25) is 0 Å². The zero-order valence-electron chi connectivity index (χ0n) is 20.5. The molecule has 3 aromatic rings. The molecule has 4 rings (SSSR count). The number of piperidine rings is 1. The Hall–Kier alpha value is -2.14. The van der Waals surface area contributed by atoms with Gasteiger partial charge in [-0.25, -0.2) is 4.21 Å².